The minimum atomic E-state index is -0.315. The second-order valence-electron chi connectivity index (χ2n) is 5.86. The molecule has 0 aliphatic rings. The Morgan fingerprint density at radius 2 is 1.85 bits per heavy atom. The molecular formula is C19H28Cl2N2O3. The molecule has 1 aromatic carbocycles. The molecule has 0 atom stereocenters. The van der Waals surface area contributed by atoms with E-state index in [4.69, 9.17) is 4.74 Å². The number of pyridine rings is 1. The summed E-state index contributed by atoms with van der Waals surface area (Å²) < 4.78 is 7.26. The van der Waals surface area contributed by atoms with Crippen LogP contribution in [-0.2, 0) is 13.1 Å². The van der Waals surface area contributed by atoms with Crippen LogP contribution < -0.4 is 15.5 Å². The molecule has 1 heterocycles. The number of nitrogens with one attached hydrogen (secondary N) is 1. The highest BCUT2D eigenvalue weighted by Crippen LogP contribution is 2.16. The first-order valence-electron chi connectivity index (χ1n) is 8.35. The van der Waals surface area contributed by atoms with Gasteiger partial charge in [0, 0.05) is 30.9 Å². The number of methoxy groups -OCH3 is 1. The number of aromatic nitrogens is 1. The van der Waals surface area contributed by atoms with Gasteiger partial charge in [-0.3, -0.25) is 4.79 Å². The van der Waals surface area contributed by atoms with E-state index in [1.807, 2.05) is 22.8 Å². The van der Waals surface area contributed by atoms with Gasteiger partial charge in [0.25, 0.3) is 0 Å². The van der Waals surface area contributed by atoms with Gasteiger partial charge >= 0.3 is 0 Å². The smallest absolute Gasteiger partial charge is 0.223 e. The number of ether oxygens (including phenoxy) is 1. The Balaban J connectivity index is 0.00000312. The van der Waals surface area contributed by atoms with Gasteiger partial charge in [-0.15, -0.1) is 24.8 Å². The van der Waals surface area contributed by atoms with Crippen molar-refractivity contribution in [1.82, 2.24) is 9.88 Å². The summed E-state index contributed by atoms with van der Waals surface area (Å²) in [6.07, 6.45) is 4.93. The maximum absolute atomic E-state index is 11.3. The Hall–Kier alpha value is -1.69. The zero-order valence-electron chi connectivity index (χ0n) is 15.2. The molecule has 0 unspecified atom stereocenters. The maximum Gasteiger partial charge on any atom is 0.223 e. The topological polar surface area (TPSA) is 63.5 Å². The van der Waals surface area contributed by atoms with Crippen molar-refractivity contribution in [3.8, 4) is 11.5 Å². The Labute approximate surface area is 167 Å². The largest absolute Gasteiger partial charge is 0.503 e. The van der Waals surface area contributed by atoms with Crippen molar-refractivity contribution in [2.45, 2.75) is 39.3 Å². The van der Waals surface area contributed by atoms with Crippen molar-refractivity contribution in [2.24, 2.45) is 0 Å². The Bertz CT molecular complexity index is 720. The van der Waals surface area contributed by atoms with Crippen LogP contribution in [0.1, 0.15) is 30.5 Å². The molecule has 146 valence electrons. The summed E-state index contributed by atoms with van der Waals surface area (Å²) in [6.45, 7) is 4.33. The summed E-state index contributed by atoms with van der Waals surface area (Å²) >= 11 is 0. The quantitative estimate of drug-likeness (QED) is 0.627. The first-order valence-corrected chi connectivity index (χ1v) is 8.35. The molecule has 0 fully saturated rings. The van der Waals surface area contributed by atoms with Crippen LogP contribution in [0.2, 0.25) is 0 Å². The molecule has 0 amide bonds. The van der Waals surface area contributed by atoms with Crippen LogP contribution >= 0.6 is 24.8 Å². The number of benzene rings is 1. The molecule has 5 nitrogen and oxygen atoms in total. The van der Waals surface area contributed by atoms with Gasteiger partial charge in [-0.1, -0.05) is 24.6 Å². The third kappa shape index (κ3) is 6.90. The summed E-state index contributed by atoms with van der Waals surface area (Å²) in [5, 5.41) is 13.1. The first-order chi connectivity index (χ1) is 11.6. The lowest BCUT2D eigenvalue weighted by Gasteiger charge is -2.12. The predicted molar refractivity (Wildman–Crippen MR) is 110 cm³/mol. The third-order valence-corrected chi connectivity index (χ3v) is 4.17. The highest BCUT2D eigenvalue weighted by atomic mass is 35.5. The Morgan fingerprint density at radius 3 is 2.58 bits per heavy atom. The molecule has 0 radical (unpaired) electrons. The number of halogens is 2. The van der Waals surface area contributed by atoms with E-state index in [-0.39, 0.29) is 36.0 Å². The SMILES string of the molecule is COc1ccccc1CNCCCCCn1ccc(=O)c(O)c1C.Cl.Cl. The average molecular weight is 403 g/mol. The molecule has 0 aliphatic heterocycles. The molecular weight excluding hydrogens is 375 g/mol. The van der Waals surface area contributed by atoms with Gasteiger partial charge in [0.2, 0.25) is 5.43 Å². The maximum atomic E-state index is 11.3. The van der Waals surface area contributed by atoms with Crippen molar-refractivity contribution < 1.29 is 9.84 Å². The molecule has 2 aromatic rings. The zero-order chi connectivity index (χ0) is 17.4. The van der Waals surface area contributed by atoms with E-state index in [0.29, 0.717) is 5.69 Å². The fourth-order valence-electron chi connectivity index (χ4n) is 2.69. The number of rotatable bonds is 9. The van der Waals surface area contributed by atoms with Gasteiger partial charge < -0.3 is 19.7 Å². The molecule has 2 N–H and O–H groups in total. The number of hydrogen-bond donors (Lipinski definition) is 2. The molecule has 0 aliphatic carbocycles. The lowest BCUT2D eigenvalue weighted by Crippen LogP contribution is -2.15. The van der Waals surface area contributed by atoms with Crippen molar-refractivity contribution >= 4 is 24.8 Å². The number of hydrogen-bond acceptors (Lipinski definition) is 4. The number of nitrogens with zero attached hydrogens (tertiary/aromatic N) is 1. The van der Waals surface area contributed by atoms with Crippen LogP contribution in [-0.4, -0.2) is 23.3 Å². The third-order valence-electron chi connectivity index (χ3n) is 4.17. The van der Waals surface area contributed by atoms with Crippen molar-refractivity contribution in [3.05, 3.63) is 58.0 Å². The first kappa shape index (κ1) is 24.3. The van der Waals surface area contributed by atoms with E-state index < -0.39 is 0 Å². The number of para-hydroxylation sites is 1. The Morgan fingerprint density at radius 1 is 1.12 bits per heavy atom. The van der Waals surface area contributed by atoms with E-state index in [1.165, 1.54) is 11.6 Å². The summed E-state index contributed by atoms with van der Waals surface area (Å²) in [6, 6.07) is 9.44. The van der Waals surface area contributed by atoms with Crippen LogP contribution in [0.5, 0.6) is 11.5 Å². The van der Waals surface area contributed by atoms with Crippen LogP contribution in [0.25, 0.3) is 0 Å². The Kier molecular flexibility index (Phi) is 11.8. The monoisotopic (exact) mass is 402 g/mol. The second-order valence-corrected chi connectivity index (χ2v) is 5.86. The fraction of sp³-hybridized carbons (Fsp3) is 0.421. The van der Waals surface area contributed by atoms with Crippen LogP contribution in [0, 0.1) is 6.92 Å². The molecule has 7 heteroatoms. The summed E-state index contributed by atoms with van der Waals surface area (Å²) in [4.78, 5) is 11.3. The molecule has 2 rings (SSSR count). The number of unbranched alkanes of at least 4 members (excludes halogenated alkanes) is 2. The molecule has 0 saturated carbocycles. The zero-order valence-corrected chi connectivity index (χ0v) is 16.9. The number of aryl methyl sites for hydroxylation is 1. The highest BCUT2D eigenvalue weighted by molar-refractivity contribution is 5.85. The van der Waals surface area contributed by atoms with Crippen molar-refractivity contribution in [1.29, 1.82) is 0 Å². The molecule has 1 aromatic heterocycles. The van der Waals surface area contributed by atoms with Gasteiger partial charge in [-0.05, 0) is 32.4 Å². The minimum Gasteiger partial charge on any atom is -0.503 e. The normalized spacial score (nSPS) is 9.92. The molecule has 0 spiro atoms. The average Bonchev–Trinajstić information content (AvgIpc) is 2.61. The second kappa shape index (κ2) is 12.6. The van der Waals surface area contributed by atoms with Crippen LogP contribution in [0.15, 0.2) is 41.3 Å². The van der Waals surface area contributed by atoms with Gasteiger partial charge in [-0.2, -0.15) is 0 Å². The fourth-order valence-corrected chi connectivity index (χ4v) is 2.69. The van der Waals surface area contributed by atoms with Gasteiger partial charge in [-0.25, -0.2) is 0 Å². The summed E-state index contributed by atoms with van der Waals surface area (Å²) in [7, 11) is 1.69. The van der Waals surface area contributed by atoms with E-state index in [0.717, 1.165) is 44.6 Å². The van der Waals surface area contributed by atoms with E-state index in [1.54, 1.807) is 20.2 Å². The van der Waals surface area contributed by atoms with Crippen molar-refractivity contribution in [3.63, 3.8) is 0 Å². The highest BCUT2D eigenvalue weighted by Gasteiger charge is 2.04. The van der Waals surface area contributed by atoms with E-state index in [9.17, 15) is 9.90 Å². The summed E-state index contributed by atoms with van der Waals surface area (Å²) in [5.74, 6) is 0.773. The summed E-state index contributed by atoms with van der Waals surface area (Å²) in [5.41, 5.74) is 1.49. The molecule has 0 bridgehead atoms. The van der Waals surface area contributed by atoms with Gasteiger partial charge in [0.15, 0.2) is 5.75 Å². The standard InChI is InChI=1S/C19H26N2O3.2ClH/c1-15-19(23)17(22)10-13-21(15)12-7-3-6-11-20-14-16-8-4-5-9-18(16)24-2;;/h4-5,8-10,13,20,23H,3,6-7,11-12,14H2,1-2H3;2*1H. The molecule has 26 heavy (non-hydrogen) atoms. The van der Waals surface area contributed by atoms with Gasteiger partial charge in [0.1, 0.15) is 5.75 Å². The number of aromatic hydroxyl groups is 1. The predicted octanol–water partition coefficient (Wildman–Crippen LogP) is 3.67. The van der Waals surface area contributed by atoms with Crippen molar-refractivity contribution in [2.75, 3.05) is 13.7 Å². The lowest BCUT2D eigenvalue weighted by molar-refractivity contribution is 0.407. The minimum absolute atomic E-state index is 0. The molecule has 0 saturated heterocycles. The van der Waals surface area contributed by atoms with Gasteiger partial charge in [0.05, 0.1) is 12.8 Å². The van der Waals surface area contributed by atoms with Crippen LogP contribution in [0.4, 0.5) is 0 Å². The lowest BCUT2D eigenvalue weighted by atomic mass is 10.2. The van der Waals surface area contributed by atoms with E-state index in [2.05, 4.69) is 11.4 Å². The van der Waals surface area contributed by atoms with E-state index >= 15 is 0 Å². The van der Waals surface area contributed by atoms with Crippen LogP contribution in [0.3, 0.4) is 0 Å².